The summed E-state index contributed by atoms with van der Waals surface area (Å²) < 4.78 is 5.13. The minimum atomic E-state index is -0.818. The highest BCUT2D eigenvalue weighted by molar-refractivity contribution is 6.05. The Labute approximate surface area is 200 Å². The molecule has 0 amide bonds. The van der Waals surface area contributed by atoms with Crippen molar-refractivity contribution in [1.82, 2.24) is 9.80 Å². The lowest BCUT2D eigenvalue weighted by Gasteiger charge is -2.34. The molecule has 2 aliphatic rings. The van der Waals surface area contributed by atoms with E-state index < -0.39 is 12.1 Å². The Hall–Kier alpha value is -3.48. The van der Waals surface area contributed by atoms with Crippen LogP contribution in [0.5, 0.6) is 0 Å². The van der Waals surface area contributed by atoms with Crippen LogP contribution >= 0.6 is 0 Å². The van der Waals surface area contributed by atoms with E-state index in [0.29, 0.717) is 0 Å². The number of hydrogen-bond acceptors (Lipinski definition) is 6. The Bertz CT molecular complexity index is 1100. The molecule has 174 valence electrons. The quantitative estimate of drug-likeness (QED) is 0.538. The highest BCUT2D eigenvalue weighted by Crippen LogP contribution is 2.49. The first-order valence-electron chi connectivity index (χ1n) is 11.5. The number of rotatable bonds is 5. The van der Waals surface area contributed by atoms with Gasteiger partial charge in [-0.3, -0.25) is 9.80 Å². The lowest BCUT2D eigenvalue weighted by molar-refractivity contribution is -0.156. The smallest absolute Gasteiger partial charge is 0.350 e. The third kappa shape index (κ3) is 3.79. The van der Waals surface area contributed by atoms with Crippen molar-refractivity contribution in [1.29, 1.82) is 0 Å². The normalized spacial score (nSPS) is 25.7. The molecule has 0 bridgehead atoms. The number of likely N-dealkylation sites (N-methyl/N-ethyl adjacent to an activating group) is 2. The van der Waals surface area contributed by atoms with E-state index in [4.69, 9.17) is 9.57 Å². The van der Waals surface area contributed by atoms with Gasteiger partial charge in [0.2, 0.25) is 6.10 Å². The Balaban J connectivity index is 1.62. The van der Waals surface area contributed by atoms with E-state index in [1.807, 2.05) is 42.5 Å². The van der Waals surface area contributed by atoms with E-state index in [0.717, 1.165) is 11.3 Å². The summed E-state index contributed by atoms with van der Waals surface area (Å²) in [6.07, 6.45) is -0.970. The molecule has 0 saturated carbocycles. The third-order valence-electron chi connectivity index (χ3n) is 7.02. The van der Waals surface area contributed by atoms with Crippen LogP contribution in [0.25, 0.3) is 0 Å². The van der Waals surface area contributed by atoms with Gasteiger partial charge in [-0.25, -0.2) is 4.79 Å². The molecule has 4 atom stereocenters. The van der Waals surface area contributed by atoms with Gasteiger partial charge in [-0.2, -0.15) is 0 Å². The molecule has 6 nitrogen and oxygen atoms in total. The van der Waals surface area contributed by atoms with Crippen LogP contribution < -0.4 is 0 Å². The van der Waals surface area contributed by atoms with Gasteiger partial charge < -0.3 is 9.57 Å². The molecule has 34 heavy (non-hydrogen) atoms. The number of esters is 1. The van der Waals surface area contributed by atoms with Gasteiger partial charge in [0.05, 0.1) is 37.0 Å². The second-order valence-corrected chi connectivity index (χ2v) is 8.87. The molecule has 5 rings (SSSR count). The van der Waals surface area contributed by atoms with Gasteiger partial charge in [-0.15, -0.1) is 0 Å². The van der Waals surface area contributed by atoms with Crippen molar-refractivity contribution in [2.45, 2.75) is 24.4 Å². The van der Waals surface area contributed by atoms with Crippen LogP contribution in [0.1, 0.15) is 28.8 Å². The van der Waals surface area contributed by atoms with Crippen molar-refractivity contribution < 1.29 is 14.4 Å². The van der Waals surface area contributed by atoms with Crippen molar-refractivity contribution in [3.8, 4) is 0 Å². The Morgan fingerprint density at radius 1 is 0.794 bits per heavy atom. The van der Waals surface area contributed by atoms with Crippen LogP contribution in [0, 0.1) is 5.92 Å². The highest BCUT2D eigenvalue weighted by atomic mass is 16.7. The van der Waals surface area contributed by atoms with Gasteiger partial charge in [0.15, 0.2) is 0 Å². The molecule has 0 radical (unpaired) electrons. The number of ether oxygens (including phenoxy) is 1. The number of carbonyl (C=O) groups excluding carboxylic acids is 1. The molecule has 3 aromatic carbocycles. The largest absolute Gasteiger partial charge is 0.466 e. The van der Waals surface area contributed by atoms with E-state index in [1.165, 1.54) is 18.2 Å². The number of benzene rings is 3. The van der Waals surface area contributed by atoms with E-state index in [9.17, 15) is 4.79 Å². The van der Waals surface area contributed by atoms with Crippen LogP contribution in [0.4, 0.5) is 0 Å². The molecule has 0 unspecified atom stereocenters. The first-order valence-corrected chi connectivity index (χ1v) is 11.5. The first-order chi connectivity index (χ1) is 16.6. The van der Waals surface area contributed by atoms with Crippen molar-refractivity contribution in [3.05, 3.63) is 108 Å². The summed E-state index contributed by atoms with van der Waals surface area (Å²) in [6.45, 7) is 0. The molecular weight excluding hydrogens is 426 g/mol. The van der Waals surface area contributed by atoms with Crippen molar-refractivity contribution in [2.24, 2.45) is 11.1 Å². The van der Waals surface area contributed by atoms with Crippen LogP contribution in [-0.2, 0) is 14.4 Å². The van der Waals surface area contributed by atoms with Crippen LogP contribution in [0.2, 0.25) is 0 Å². The zero-order valence-corrected chi connectivity index (χ0v) is 19.6. The van der Waals surface area contributed by atoms with E-state index in [2.05, 4.69) is 77.6 Å². The monoisotopic (exact) mass is 455 g/mol. The number of methoxy groups -OCH3 is 1. The topological polar surface area (TPSA) is 54.4 Å². The summed E-state index contributed by atoms with van der Waals surface area (Å²) in [7, 11) is 5.64. The predicted octanol–water partition coefficient (Wildman–Crippen LogP) is 4.26. The maximum atomic E-state index is 12.8. The lowest BCUT2D eigenvalue weighted by Crippen LogP contribution is -2.50. The Morgan fingerprint density at radius 2 is 1.26 bits per heavy atom. The predicted molar refractivity (Wildman–Crippen MR) is 131 cm³/mol. The Morgan fingerprint density at radius 3 is 1.74 bits per heavy atom. The molecular formula is C28H29N3O3. The average molecular weight is 456 g/mol. The molecule has 1 saturated heterocycles. The average Bonchev–Trinajstić information content (AvgIpc) is 3.43. The SMILES string of the molecule is COC(=O)[C@@H]1ON=C(c2ccccc2)[C@H]1C1N(C)[C@@H](c2ccccc2)[C@H](c2ccccc2)N1C. The number of hydrogen-bond donors (Lipinski definition) is 0. The third-order valence-corrected chi connectivity index (χ3v) is 7.02. The number of nitrogens with zero attached hydrogens (tertiary/aromatic N) is 3. The fourth-order valence-electron chi connectivity index (χ4n) is 5.54. The second kappa shape index (κ2) is 9.41. The fraction of sp³-hybridized carbons (Fsp3) is 0.286. The van der Waals surface area contributed by atoms with Gasteiger partial charge in [-0.1, -0.05) is 96.2 Å². The molecule has 2 aliphatic heterocycles. The fourth-order valence-corrected chi connectivity index (χ4v) is 5.54. The zero-order valence-electron chi connectivity index (χ0n) is 19.6. The van der Waals surface area contributed by atoms with Gasteiger partial charge in [0.25, 0.3) is 0 Å². The summed E-state index contributed by atoms with van der Waals surface area (Å²) in [5, 5.41) is 4.41. The lowest BCUT2D eigenvalue weighted by atomic mass is 9.88. The molecule has 0 spiro atoms. The van der Waals surface area contributed by atoms with Crippen molar-refractivity contribution in [3.63, 3.8) is 0 Å². The minimum absolute atomic E-state index is 0.0783. The Kier molecular flexibility index (Phi) is 6.18. The summed E-state index contributed by atoms with van der Waals surface area (Å²) in [4.78, 5) is 23.2. The van der Waals surface area contributed by atoms with E-state index >= 15 is 0 Å². The molecule has 0 N–H and O–H groups in total. The minimum Gasteiger partial charge on any atom is -0.466 e. The molecule has 0 aromatic heterocycles. The summed E-state index contributed by atoms with van der Waals surface area (Å²) >= 11 is 0. The maximum absolute atomic E-state index is 12.8. The molecule has 1 fully saturated rings. The molecule has 6 heteroatoms. The molecule has 0 aliphatic carbocycles. The molecule has 2 heterocycles. The van der Waals surface area contributed by atoms with Gasteiger partial charge in [0, 0.05) is 0 Å². The maximum Gasteiger partial charge on any atom is 0.350 e. The van der Waals surface area contributed by atoms with Gasteiger partial charge in [0.1, 0.15) is 0 Å². The van der Waals surface area contributed by atoms with Gasteiger partial charge in [-0.05, 0) is 30.8 Å². The van der Waals surface area contributed by atoms with E-state index in [1.54, 1.807) is 0 Å². The van der Waals surface area contributed by atoms with Crippen LogP contribution in [0.3, 0.4) is 0 Å². The summed E-state index contributed by atoms with van der Waals surface area (Å²) in [5.41, 5.74) is 4.15. The highest BCUT2D eigenvalue weighted by Gasteiger charge is 2.55. The zero-order chi connectivity index (χ0) is 23.7. The summed E-state index contributed by atoms with van der Waals surface area (Å²) in [6, 6.07) is 31.1. The van der Waals surface area contributed by atoms with Crippen LogP contribution in [-0.4, -0.2) is 55.0 Å². The molecule has 3 aromatic rings. The van der Waals surface area contributed by atoms with Crippen molar-refractivity contribution in [2.75, 3.05) is 21.2 Å². The van der Waals surface area contributed by atoms with Crippen molar-refractivity contribution >= 4 is 11.7 Å². The standard InChI is InChI=1S/C28H29N3O3/c1-30-24(20-15-9-5-10-16-20)25(21-17-11-6-12-18-21)31(2)27(30)22-23(19-13-7-4-8-14-19)29-34-26(22)28(32)33-3/h4-18,22,24-27H,1-3H3/t22-,24+,25+,26-/m1/s1. The second-order valence-electron chi connectivity index (χ2n) is 8.87. The van der Waals surface area contributed by atoms with E-state index in [-0.39, 0.29) is 24.2 Å². The van der Waals surface area contributed by atoms with Gasteiger partial charge >= 0.3 is 5.97 Å². The number of carbonyl (C=O) groups is 1. The number of oxime groups is 1. The van der Waals surface area contributed by atoms with Crippen LogP contribution in [0.15, 0.2) is 96.2 Å². The first kappa shape index (κ1) is 22.3. The summed E-state index contributed by atoms with van der Waals surface area (Å²) in [5.74, 6) is -0.745.